The van der Waals surface area contributed by atoms with Gasteiger partial charge < -0.3 is 5.11 Å². The predicted molar refractivity (Wildman–Crippen MR) is 73.1 cm³/mol. The molecule has 0 spiro atoms. The van der Waals surface area contributed by atoms with E-state index >= 15 is 0 Å². The highest BCUT2D eigenvalue weighted by atomic mass is 35.5. The molecule has 0 radical (unpaired) electrons. The molecule has 0 aliphatic heterocycles. The lowest BCUT2D eigenvalue weighted by Gasteiger charge is -2.10. The minimum absolute atomic E-state index is 0.293. The third-order valence-corrected chi connectivity index (χ3v) is 4.46. The highest BCUT2D eigenvalue weighted by Gasteiger charge is 2.23. The van der Waals surface area contributed by atoms with Gasteiger partial charge in [-0.25, -0.2) is 17.8 Å². The van der Waals surface area contributed by atoms with Crippen LogP contribution in [0.5, 0.6) is 5.75 Å². The van der Waals surface area contributed by atoms with E-state index in [1.165, 1.54) is 18.3 Å². The van der Waals surface area contributed by atoms with Crippen LogP contribution in [0.2, 0.25) is 10.0 Å². The molecule has 0 atom stereocenters. The molecule has 2 rings (SSSR count). The zero-order valence-electron chi connectivity index (χ0n) is 9.64. The molecule has 0 aliphatic rings. The minimum atomic E-state index is -4.21. The van der Waals surface area contributed by atoms with Gasteiger partial charge in [-0.1, -0.05) is 23.2 Å². The van der Waals surface area contributed by atoms with Crippen LogP contribution in [0.4, 0.5) is 10.2 Å². The maximum absolute atomic E-state index is 13.5. The number of nitrogens with zero attached hydrogens (tertiary/aromatic N) is 1. The number of rotatable bonds is 3. The van der Waals surface area contributed by atoms with E-state index in [4.69, 9.17) is 23.2 Å². The van der Waals surface area contributed by atoms with E-state index in [9.17, 15) is 17.9 Å². The molecule has 5 nitrogen and oxygen atoms in total. The number of hydrogen-bond acceptors (Lipinski definition) is 4. The van der Waals surface area contributed by atoms with Crippen LogP contribution in [0.25, 0.3) is 0 Å². The minimum Gasteiger partial charge on any atom is -0.504 e. The highest BCUT2D eigenvalue weighted by molar-refractivity contribution is 7.92. The largest absolute Gasteiger partial charge is 0.504 e. The van der Waals surface area contributed by atoms with Crippen molar-refractivity contribution in [3.63, 3.8) is 0 Å². The van der Waals surface area contributed by atoms with Crippen LogP contribution in [0.1, 0.15) is 0 Å². The Labute approximate surface area is 124 Å². The molecule has 0 unspecified atom stereocenters. The summed E-state index contributed by atoms with van der Waals surface area (Å²) < 4.78 is 39.7. The molecule has 0 bridgehead atoms. The van der Waals surface area contributed by atoms with E-state index in [1.54, 1.807) is 0 Å². The van der Waals surface area contributed by atoms with Gasteiger partial charge in [0.15, 0.2) is 17.4 Å². The SMILES string of the molecule is O=S(=O)(Nc1ncccc1O)c1ccc(Cl)c(F)c1Cl. The van der Waals surface area contributed by atoms with E-state index in [-0.39, 0.29) is 16.6 Å². The fraction of sp³-hybridized carbons (Fsp3) is 0. The number of anilines is 1. The van der Waals surface area contributed by atoms with Gasteiger partial charge in [0.1, 0.15) is 4.90 Å². The summed E-state index contributed by atoms with van der Waals surface area (Å²) in [4.78, 5) is 3.15. The highest BCUT2D eigenvalue weighted by Crippen LogP contribution is 2.31. The normalized spacial score (nSPS) is 11.3. The number of pyridine rings is 1. The Morgan fingerprint density at radius 1 is 1.25 bits per heavy atom. The number of halogens is 3. The smallest absolute Gasteiger partial charge is 0.264 e. The lowest BCUT2D eigenvalue weighted by molar-refractivity contribution is 0.475. The molecule has 1 heterocycles. The maximum Gasteiger partial charge on any atom is 0.264 e. The first-order chi connectivity index (χ1) is 9.33. The topological polar surface area (TPSA) is 79.3 Å². The second-order valence-electron chi connectivity index (χ2n) is 3.65. The first kappa shape index (κ1) is 14.8. The second kappa shape index (κ2) is 5.43. The number of sulfonamides is 1. The molecule has 1 aromatic heterocycles. The van der Waals surface area contributed by atoms with Crippen molar-refractivity contribution in [2.24, 2.45) is 0 Å². The van der Waals surface area contributed by atoms with Crippen LogP contribution in [-0.2, 0) is 10.0 Å². The molecule has 0 saturated heterocycles. The summed E-state index contributed by atoms with van der Waals surface area (Å²) in [7, 11) is -4.21. The van der Waals surface area contributed by atoms with Crippen LogP contribution < -0.4 is 4.72 Å². The van der Waals surface area contributed by atoms with Crippen molar-refractivity contribution >= 4 is 39.0 Å². The number of hydrogen-bond donors (Lipinski definition) is 2. The molecule has 0 aliphatic carbocycles. The Hall–Kier alpha value is -1.57. The van der Waals surface area contributed by atoms with Crippen molar-refractivity contribution in [2.45, 2.75) is 4.90 Å². The summed E-state index contributed by atoms with van der Waals surface area (Å²) in [5, 5.41) is 8.54. The van der Waals surface area contributed by atoms with Crippen molar-refractivity contribution in [1.82, 2.24) is 4.98 Å². The molecule has 20 heavy (non-hydrogen) atoms. The fourth-order valence-corrected chi connectivity index (χ4v) is 3.14. The van der Waals surface area contributed by atoms with Gasteiger partial charge in [-0.3, -0.25) is 4.72 Å². The lowest BCUT2D eigenvalue weighted by Crippen LogP contribution is -2.15. The maximum atomic E-state index is 13.5. The Balaban J connectivity index is 2.47. The number of aromatic nitrogens is 1. The summed E-state index contributed by atoms with van der Waals surface area (Å²) in [6.45, 7) is 0. The Morgan fingerprint density at radius 2 is 1.95 bits per heavy atom. The Bertz CT molecular complexity index is 768. The van der Waals surface area contributed by atoms with Gasteiger partial charge in [-0.2, -0.15) is 0 Å². The van der Waals surface area contributed by atoms with Crippen molar-refractivity contribution in [1.29, 1.82) is 0 Å². The summed E-state index contributed by atoms with van der Waals surface area (Å²) in [6.07, 6.45) is 1.28. The molecular formula is C11H7Cl2FN2O3S. The van der Waals surface area contributed by atoms with Crippen LogP contribution >= 0.6 is 23.2 Å². The summed E-state index contributed by atoms with van der Waals surface area (Å²) in [6, 6.07) is 4.78. The van der Waals surface area contributed by atoms with Crippen LogP contribution in [0, 0.1) is 5.82 Å². The molecule has 2 N–H and O–H groups in total. The molecular weight excluding hydrogens is 330 g/mol. The van der Waals surface area contributed by atoms with E-state index < -0.39 is 25.8 Å². The second-order valence-corrected chi connectivity index (χ2v) is 6.09. The van der Waals surface area contributed by atoms with Gasteiger partial charge in [0.25, 0.3) is 10.0 Å². The van der Waals surface area contributed by atoms with Crippen molar-refractivity contribution in [2.75, 3.05) is 4.72 Å². The van der Waals surface area contributed by atoms with E-state index in [0.29, 0.717) is 0 Å². The Morgan fingerprint density at radius 3 is 2.60 bits per heavy atom. The zero-order chi connectivity index (χ0) is 14.9. The van der Waals surface area contributed by atoms with Gasteiger partial charge >= 0.3 is 0 Å². The zero-order valence-corrected chi connectivity index (χ0v) is 12.0. The molecule has 2 aromatic rings. The molecule has 106 valence electrons. The average Bonchev–Trinajstić information content (AvgIpc) is 2.38. The quantitative estimate of drug-likeness (QED) is 0.844. The summed E-state index contributed by atoms with van der Waals surface area (Å²) in [5.74, 6) is -1.71. The summed E-state index contributed by atoms with van der Waals surface area (Å²) >= 11 is 11.1. The van der Waals surface area contributed by atoms with Crippen molar-refractivity contribution < 1.29 is 17.9 Å². The fourth-order valence-electron chi connectivity index (χ4n) is 1.37. The van der Waals surface area contributed by atoms with E-state index in [2.05, 4.69) is 4.98 Å². The lowest BCUT2D eigenvalue weighted by atomic mass is 10.3. The van der Waals surface area contributed by atoms with Gasteiger partial charge in [-0.15, -0.1) is 0 Å². The van der Waals surface area contributed by atoms with Gasteiger partial charge in [0.2, 0.25) is 0 Å². The summed E-state index contributed by atoms with van der Waals surface area (Å²) in [5.41, 5.74) is 0. The van der Waals surface area contributed by atoms with Crippen LogP contribution in [-0.4, -0.2) is 18.5 Å². The van der Waals surface area contributed by atoms with Crippen molar-refractivity contribution in [3.8, 4) is 5.75 Å². The van der Waals surface area contributed by atoms with Crippen LogP contribution in [0.3, 0.4) is 0 Å². The molecule has 0 fully saturated rings. The molecule has 0 amide bonds. The predicted octanol–water partition coefficient (Wildman–Crippen LogP) is 3.03. The molecule has 1 aromatic carbocycles. The Kier molecular flexibility index (Phi) is 4.03. The molecule has 0 saturated carbocycles. The van der Waals surface area contributed by atoms with Crippen LogP contribution in [0.15, 0.2) is 35.4 Å². The van der Waals surface area contributed by atoms with Gasteiger partial charge in [0.05, 0.1) is 10.0 Å². The van der Waals surface area contributed by atoms with Gasteiger partial charge in [0, 0.05) is 6.20 Å². The van der Waals surface area contributed by atoms with E-state index in [0.717, 1.165) is 12.1 Å². The average molecular weight is 337 g/mol. The number of benzene rings is 1. The monoisotopic (exact) mass is 336 g/mol. The first-order valence-corrected chi connectivity index (χ1v) is 7.37. The van der Waals surface area contributed by atoms with Crippen molar-refractivity contribution in [3.05, 3.63) is 46.3 Å². The van der Waals surface area contributed by atoms with Gasteiger partial charge in [-0.05, 0) is 24.3 Å². The standard InChI is InChI=1S/C11H7Cl2FN2O3S/c12-6-3-4-8(9(13)10(6)14)20(18,19)16-11-7(17)2-1-5-15-11/h1-5,17H,(H,15,16). The molecule has 9 heteroatoms. The third kappa shape index (κ3) is 2.79. The first-order valence-electron chi connectivity index (χ1n) is 5.13. The number of aromatic hydroxyl groups is 1. The van der Waals surface area contributed by atoms with E-state index in [1.807, 2.05) is 4.72 Å². The number of nitrogens with one attached hydrogen (secondary N) is 1. The third-order valence-electron chi connectivity index (χ3n) is 2.31.